The fourth-order valence-electron chi connectivity index (χ4n) is 2.55. The van der Waals surface area contributed by atoms with Crippen LogP contribution in [0.5, 0.6) is 5.75 Å². The van der Waals surface area contributed by atoms with Gasteiger partial charge in [-0.05, 0) is 25.0 Å². The van der Waals surface area contributed by atoms with E-state index >= 15 is 0 Å². The summed E-state index contributed by atoms with van der Waals surface area (Å²) in [4.78, 5) is 25.7. The molecular weight excluding hydrogens is 337 g/mol. The third-order valence-corrected chi connectivity index (χ3v) is 3.78. The normalized spacial score (nSPS) is 16.9. The number of carbonyl (C=O) groups excluding carboxylic acids is 2. The van der Waals surface area contributed by atoms with E-state index in [2.05, 4.69) is 5.32 Å². The summed E-state index contributed by atoms with van der Waals surface area (Å²) in [6, 6.07) is 5.95. The SMILES string of the molecule is Cl.NCCNC(=O)C1CCCN(C(=O)COc2ccccc2F)C1. The lowest BCUT2D eigenvalue weighted by Gasteiger charge is -2.32. The van der Waals surface area contributed by atoms with E-state index in [0.717, 1.165) is 12.8 Å². The van der Waals surface area contributed by atoms with Crippen molar-refractivity contribution in [3.8, 4) is 5.75 Å². The van der Waals surface area contributed by atoms with Crippen LogP contribution in [0, 0.1) is 11.7 Å². The first-order valence-electron chi connectivity index (χ1n) is 7.74. The van der Waals surface area contributed by atoms with Crippen molar-refractivity contribution in [3.05, 3.63) is 30.1 Å². The minimum Gasteiger partial charge on any atom is -0.481 e. The molecule has 0 spiro atoms. The molecule has 0 saturated carbocycles. The Balaban J connectivity index is 0.00000288. The molecule has 0 aromatic heterocycles. The summed E-state index contributed by atoms with van der Waals surface area (Å²) in [5.74, 6) is -1.01. The Morgan fingerprint density at radius 3 is 2.83 bits per heavy atom. The number of benzene rings is 1. The number of carbonyl (C=O) groups is 2. The van der Waals surface area contributed by atoms with Crippen LogP contribution < -0.4 is 15.8 Å². The van der Waals surface area contributed by atoms with Crippen LogP contribution in [0.25, 0.3) is 0 Å². The standard InChI is InChI=1S/C16H22FN3O3.ClH/c17-13-5-1-2-6-14(13)23-11-15(21)20-9-3-4-12(10-20)16(22)19-8-7-18;/h1-2,5-6,12H,3-4,7-11,18H2,(H,19,22);1H. The molecular formula is C16H23ClFN3O3. The quantitative estimate of drug-likeness (QED) is 0.791. The van der Waals surface area contributed by atoms with Crippen LogP contribution in [-0.2, 0) is 9.59 Å². The molecule has 8 heteroatoms. The number of likely N-dealkylation sites (tertiary alicyclic amines) is 1. The van der Waals surface area contributed by atoms with Crippen LogP contribution in [0.4, 0.5) is 4.39 Å². The molecule has 1 unspecified atom stereocenters. The zero-order valence-electron chi connectivity index (χ0n) is 13.4. The second-order valence-electron chi connectivity index (χ2n) is 5.48. The van der Waals surface area contributed by atoms with Gasteiger partial charge in [0.25, 0.3) is 5.91 Å². The number of piperidine rings is 1. The Bertz CT molecular complexity index is 559. The maximum absolute atomic E-state index is 13.5. The average Bonchev–Trinajstić information content (AvgIpc) is 2.58. The third kappa shape index (κ3) is 5.65. The topological polar surface area (TPSA) is 84.7 Å². The van der Waals surface area contributed by atoms with Crippen molar-refractivity contribution in [2.45, 2.75) is 12.8 Å². The summed E-state index contributed by atoms with van der Waals surface area (Å²) >= 11 is 0. The third-order valence-electron chi connectivity index (χ3n) is 3.78. The summed E-state index contributed by atoms with van der Waals surface area (Å²) in [6.07, 6.45) is 1.50. The van der Waals surface area contributed by atoms with Crippen LogP contribution in [0.15, 0.2) is 24.3 Å². The molecule has 134 valence electrons. The Hall–Kier alpha value is -1.86. The smallest absolute Gasteiger partial charge is 0.260 e. The fourth-order valence-corrected chi connectivity index (χ4v) is 2.55. The highest BCUT2D eigenvalue weighted by atomic mass is 35.5. The number of para-hydroxylation sites is 1. The molecule has 1 atom stereocenters. The average molecular weight is 360 g/mol. The van der Waals surface area contributed by atoms with Gasteiger partial charge in [0.2, 0.25) is 5.91 Å². The van der Waals surface area contributed by atoms with Crippen LogP contribution in [0.1, 0.15) is 12.8 Å². The Morgan fingerprint density at radius 1 is 1.38 bits per heavy atom. The number of nitrogens with two attached hydrogens (primary N) is 1. The molecule has 1 saturated heterocycles. The lowest BCUT2D eigenvalue weighted by atomic mass is 9.97. The van der Waals surface area contributed by atoms with Crippen molar-refractivity contribution in [2.75, 3.05) is 32.8 Å². The van der Waals surface area contributed by atoms with E-state index in [9.17, 15) is 14.0 Å². The molecule has 1 heterocycles. The van der Waals surface area contributed by atoms with Crippen molar-refractivity contribution in [1.82, 2.24) is 10.2 Å². The lowest BCUT2D eigenvalue weighted by Crippen LogP contribution is -2.47. The molecule has 2 rings (SSSR count). The number of amides is 2. The van der Waals surface area contributed by atoms with Gasteiger partial charge in [0.15, 0.2) is 18.2 Å². The van der Waals surface area contributed by atoms with Gasteiger partial charge in [0, 0.05) is 26.2 Å². The molecule has 2 amide bonds. The number of rotatable bonds is 6. The molecule has 3 N–H and O–H groups in total. The van der Waals surface area contributed by atoms with Crippen molar-refractivity contribution in [1.29, 1.82) is 0 Å². The van der Waals surface area contributed by atoms with Crippen LogP contribution in [0.2, 0.25) is 0 Å². The second-order valence-corrected chi connectivity index (χ2v) is 5.48. The van der Waals surface area contributed by atoms with Gasteiger partial charge in [-0.15, -0.1) is 12.4 Å². The van der Waals surface area contributed by atoms with Crippen molar-refractivity contribution < 1.29 is 18.7 Å². The maximum Gasteiger partial charge on any atom is 0.260 e. The van der Waals surface area contributed by atoms with Gasteiger partial charge in [-0.25, -0.2) is 4.39 Å². The molecule has 1 aliphatic heterocycles. The van der Waals surface area contributed by atoms with E-state index in [4.69, 9.17) is 10.5 Å². The second kappa shape index (κ2) is 10.1. The van der Waals surface area contributed by atoms with E-state index < -0.39 is 5.82 Å². The molecule has 24 heavy (non-hydrogen) atoms. The van der Waals surface area contributed by atoms with E-state index in [1.54, 1.807) is 17.0 Å². The predicted molar refractivity (Wildman–Crippen MR) is 90.5 cm³/mol. The van der Waals surface area contributed by atoms with E-state index in [1.807, 2.05) is 0 Å². The van der Waals surface area contributed by atoms with E-state index in [1.165, 1.54) is 12.1 Å². The maximum atomic E-state index is 13.5. The summed E-state index contributed by atoms with van der Waals surface area (Å²) < 4.78 is 18.7. The number of hydrogen-bond donors (Lipinski definition) is 2. The minimum atomic E-state index is -0.502. The first-order valence-corrected chi connectivity index (χ1v) is 7.74. The van der Waals surface area contributed by atoms with E-state index in [0.29, 0.717) is 26.2 Å². The van der Waals surface area contributed by atoms with Crippen molar-refractivity contribution in [2.24, 2.45) is 11.7 Å². The highest BCUT2D eigenvalue weighted by molar-refractivity contribution is 5.85. The van der Waals surface area contributed by atoms with Gasteiger partial charge < -0.3 is 20.7 Å². The van der Waals surface area contributed by atoms with Gasteiger partial charge in [-0.3, -0.25) is 9.59 Å². The lowest BCUT2D eigenvalue weighted by molar-refractivity contribution is -0.137. The zero-order valence-corrected chi connectivity index (χ0v) is 14.2. The van der Waals surface area contributed by atoms with Gasteiger partial charge >= 0.3 is 0 Å². The molecule has 1 aromatic rings. The highest BCUT2D eigenvalue weighted by Crippen LogP contribution is 2.18. The Kier molecular flexibility index (Phi) is 8.49. The first kappa shape index (κ1) is 20.2. The number of nitrogens with zero attached hydrogens (tertiary/aromatic N) is 1. The Labute approximate surface area is 146 Å². The number of ether oxygens (including phenoxy) is 1. The van der Waals surface area contributed by atoms with Crippen LogP contribution in [0.3, 0.4) is 0 Å². The summed E-state index contributed by atoms with van der Waals surface area (Å²) in [6.45, 7) is 1.52. The molecule has 6 nitrogen and oxygen atoms in total. The molecule has 0 bridgehead atoms. The van der Waals surface area contributed by atoms with Crippen molar-refractivity contribution >= 4 is 24.2 Å². The fraction of sp³-hybridized carbons (Fsp3) is 0.500. The van der Waals surface area contributed by atoms with Crippen LogP contribution in [-0.4, -0.2) is 49.5 Å². The first-order chi connectivity index (χ1) is 11.1. The van der Waals surface area contributed by atoms with Gasteiger partial charge in [-0.2, -0.15) is 0 Å². The summed E-state index contributed by atoms with van der Waals surface area (Å²) in [5.41, 5.74) is 5.36. The number of nitrogens with one attached hydrogen (secondary N) is 1. The molecule has 1 aliphatic rings. The monoisotopic (exact) mass is 359 g/mol. The largest absolute Gasteiger partial charge is 0.481 e. The van der Waals surface area contributed by atoms with Gasteiger partial charge in [-0.1, -0.05) is 12.1 Å². The number of hydrogen-bond acceptors (Lipinski definition) is 4. The molecule has 1 aromatic carbocycles. The van der Waals surface area contributed by atoms with Gasteiger partial charge in [0.1, 0.15) is 0 Å². The zero-order chi connectivity index (χ0) is 16.7. The summed E-state index contributed by atoms with van der Waals surface area (Å²) in [7, 11) is 0. The van der Waals surface area contributed by atoms with Crippen molar-refractivity contribution in [3.63, 3.8) is 0 Å². The predicted octanol–water partition coefficient (Wildman–Crippen LogP) is 0.940. The Morgan fingerprint density at radius 2 is 2.12 bits per heavy atom. The van der Waals surface area contributed by atoms with Crippen LogP contribution >= 0.6 is 12.4 Å². The minimum absolute atomic E-state index is 0. The highest BCUT2D eigenvalue weighted by Gasteiger charge is 2.28. The summed E-state index contributed by atoms with van der Waals surface area (Å²) in [5, 5.41) is 2.74. The molecule has 0 aliphatic carbocycles. The molecule has 1 fully saturated rings. The van der Waals surface area contributed by atoms with Gasteiger partial charge in [0.05, 0.1) is 5.92 Å². The number of halogens is 2. The molecule has 0 radical (unpaired) electrons. The van der Waals surface area contributed by atoms with E-state index in [-0.39, 0.29) is 42.5 Å².